The Hall–Kier alpha value is -0.850. The summed E-state index contributed by atoms with van der Waals surface area (Å²) in [5.41, 5.74) is 0.420. The first-order valence-electron chi connectivity index (χ1n) is 5.58. The molecule has 0 amide bonds. The number of unbranched alkanes of at least 4 members (excludes halogenated alkanes) is 1. The normalized spacial score (nSPS) is 16.5. The fraction of sp³-hybridized carbons (Fsp3) is 0.364. The van der Waals surface area contributed by atoms with Crippen molar-refractivity contribution in [2.24, 2.45) is 4.40 Å². The number of rotatable bonds is 4. The molecule has 2 rings (SSSR count). The SMILES string of the molecule is O=S1(=O)N=CN(CCCCF)c2cc(Cl)c(Cl)cc21. The topological polar surface area (TPSA) is 49.7 Å². The largest absolute Gasteiger partial charge is 0.330 e. The van der Waals surface area contributed by atoms with Crippen LogP contribution < -0.4 is 4.90 Å². The zero-order valence-corrected chi connectivity index (χ0v) is 12.1. The van der Waals surface area contributed by atoms with Gasteiger partial charge in [0.1, 0.15) is 11.2 Å². The second kappa shape index (κ2) is 5.64. The van der Waals surface area contributed by atoms with Gasteiger partial charge in [-0.15, -0.1) is 4.40 Å². The molecule has 0 N–H and O–H groups in total. The van der Waals surface area contributed by atoms with Gasteiger partial charge in [-0.1, -0.05) is 23.2 Å². The van der Waals surface area contributed by atoms with Crippen molar-refractivity contribution in [3.8, 4) is 0 Å². The molecule has 0 saturated carbocycles. The second-order valence-electron chi connectivity index (χ2n) is 4.02. The number of hydrogen-bond acceptors (Lipinski definition) is 3. The molecular weight excluding hydrogens is 314 g/mol. The van der Waals surface area contributed by atoms with Gasteiger partial charge in [-0.25, -0.2) is 0 Å². The summed E-state index contributed by atoms with van der Waals surface area (Å²) in [6, 6.07) is 2.77. The number of anilines is 1. The fourth-order valence-electron chi connectivity index (χ4n) is 1.74. The number of sulfonamides is 1. The minimum atomic E-state index is -3.73. The van der Waals surface area contributed by atoms with E-state index >= 15 is 0 Å². The quantitative estimate of drug-likeness (QED) is 0.798. The van der Waals surface area contributed by atoms with E-state index in [0.717, 1.165) is 0 Å². The van der Waals surface area contributed by atoms with Crippen LogP contribution in [0.5, 0.6) is 0 Å². The molecule has 4 nitrogen and oxygen atoms in total. The molecule has 1 aromatic carbocycles. The van der Waals surface area contributed by atoms with E-state index in [1.54, 1.807) is 4.90 Å². The zero-order chi connectivity index (χ0) is 14.0. The molecule has 0 unspecified atom stereocenters. The molecule has 0 atom stereocenters. The molecule has 0 fully saturated rings. The Kier molecular flexibility index (Phi) is 4.32. The van der Waals surface area contributed by atoms with Gasteiger partial charge < -0.3 is 4.90 Å². The van der Waals surface area contributed by atoms with Crippen LogP contribution in [0.25, 0.3) is 0 Å². The maximum atomic E-state index is 12.1. The molecule has 0 aromatic heterocycles. The van der Waals surface area contributed by atoms with E-state index < -0.39 is 16.7 Å². The van der Waals surface area contributed by atoms with Gasteiger partial charge in [0.25, 0.3) is 10.0 Å². The van der Waals surface area contributed by atoms with Crippen molar-refractivity contribution >= 4 is 45.3 Å². The zero-order valence-electron chi connectivity index (χ0n) is 9.81. The van der Waals surface area contributed by atoms with E-state index in [-0.39, 0.29) is 14.9 Å². The molecule has 0 spiro atoms. The molecular formula is C11H11Cl2FN2O2S. The Bertz CT molecular complexity index is 619. The second-order valence-corrected chi connectivity index (χ2v) is 6.43. The minimum Gasteiger partial charge on any atom is -0.330 e. The van der Waals surface area contributed by atoms with Gasteiger partial charge in [0.2, 0.25) is 0 Å². The lowest BCUT2D eigenvalue weighted by atomic mass is 10.2. The standard InChI is InChI=1S/C11H11Cl2FN2O2S/c12-8-5-10-11(6-9(8)13)19(17,18)15-7-16(10)4-2-1-3-14/h5-7H,1-4H2. The summed E-state index contributed by atoms with van der Waals surface area (Å²) >= 11 is 11.7. The third-order valence-electron chi connectivity index (χ3n) is 2.70. The van der Waals surface area contributed by atoms with Crippen molar-refractivity contribution in [3.63, 3.8) is 0 Å². The van der Waals surface area contributed by atoms with Crippen LogP contribution in [0.2, 0.25) is 10.0 Å². The maximum Gasteiger partial charge on any atom is 0.285 e. The third-order valence-corrected chi connectivity index (χ3v) is 4.67. The van der Waals surface area contributed by atoms with Crippen molar-refractivity contribution in [2.75, 3.05) is 18.1 Å². The van der Waals surface area contributed by atoms with Gasteiger partial charge >= 0.3 is 0 Å². The van der Waals surface area contributed by atoms with Crippen molar-refractivity contribution in [1.29, 1.82) is 0 Å². The molecule has 8 heteroatoms. The van der Waals surface area contributed by atoms with Gasteiger partial charge in [0, 0.05) is 6.54 Å². The van der Waals surface area contributed by atoms with Crippen LogP contribution in [-0.2, 0) is 10.0 Å². The molecule has 1 aliphatic rings. The van der Waals surface area contributed by atoms with Crippen molar-refractivity contribution in [2.45, 2.75) is 17.7 Å². The average Bonchev–Trinajstić information content (AvgIpc) is 2.35. The van der Waals surface area contributed by atoms with Gasteiger partial charge in [-0.05, 0) is 25.0 Å². The molecule has 1 aromatic rings. The summed E-state index contributed by atoms with van der Waals surface area (Å²) in [7, 11) is -3.73. The molecule has 0 saturated heterocycles. The highest BCUT2D eigenvalue weighted by molar-refractivity contribution is 7.90. The highest BCUT2D eigenvalue weighted by Gasteiger charge is 2.26. The van der Waals surface area contributed by atoms with E-state index in [9.17, 15) is 12.8 Å². The smallest absolute Gasteiger partial charge is 0.285 e. The van der Waals surface area contributed by atoms with Crippen LogP contribution >= 0.6 is 23.2 Å². The van der Waals surface area contributed by atoms with Crippen LogP contribution in [-0.4, -0.2) is 28.0 Å². The number of halogens is 3. The maximum absolute atomic E-state index is 12.1. The highest BCUT2D eigenvalue weighted by atomic mass is 35.5. The first-order valence-corrected chi connectivity index (χ1v) is 7.77. The van der Waals surface area contributed by atoms with Gasteiger partial charge in [0.05, 0.1) is 22.4 Å². The Morgan fingerprint density at radius 2 is 1.89 bits per heavy atom. The Balaban J connectivity index is 2.41. The molecule has 1 aliphatic heterocycles. The number of hydrogen-bond donors (Lipinski definition) is 0. The number of alkyl halides is 1. The summed E-state index contributed by atoms with van der Waals surface area (Å²) in [4.78, 5) is 1.65. The Morgan fingerprint density at radius 3 is 2.58 bits per heavy atom. The van der Waals surface area contributed by atoms with Gasteiger partial charge in [-0.2, -0.15) is 8.42 Å². The Labute approximate surface area is 120 Å². The van der Waals surface area contributed by atoms with Crippen molar-refractivity contribution in [3.05, 3.63) is 22.2 Å². The van der Waals surface area contributed by atoms with Crippen LogP contribution in [0.4, 0.5) is 10.1 Å². The van der Waals surface area contributed by atoms with Crippen LogP contribution in [0.3, 0.4) is 0 Å². The van der Waals surface area contributed by atoms with E-state index in [1.807, 2.05) is 0 Å². The van der Waals surface area contributed by atoms with Crippen LogP contribution in [0.15, 0.2) is 21.4 Å². The van der Waals surface area contributed by atoms with Gasteiger partial charge in [-0.3, -0.25) is 4.39 Å². The molecule has 104 valence electrons. The van der Waals surface area contributed by atoms with Gasteiger partial charge in [0.15, 0.2) is 0 Å². The van der Waals surface area contributed by atoms with E-state index in [1.165, 1.54) is 18.5 Å². The van der Waals surface area contributed by atoms with Crippen LogP contribution in [0, 0.1) is 0 Å². The highest BCUT2D eigenvalue weighted by Crippen LogP contribution is 2.36. The summed E-state index contributed by atoms with van der Waals surface area (Å²) in [5, 5.41) is 0.422. The molecule has 0 radical (unpaired) electrons. The number of benzene rings is 1. The Morgan fingerprint density at radius 1 is 1.21 bits per heavy atom. The van der Waals surface area contributed by atoms with Crippen molar-refractivity contribution in [1.82, 2.24) is 0 Å². The monoisotopic (exact) mass is 324 g/mol. The van der Waals surface area contributed by atoms with E-state index in [0.29, 0.717) is 25.1 Å². The first-order chi connectivity index (χ1) is 8.95. The molecule has 0 aliphatic carbocycles. The minimum absolute atomic E-state index is 0.0182. The first kappa shape index (κ1) is 14.6. The summed E-state index contributed by atoms with van der Waals surface area (Å²) in [6.45, 7) is 0.0609. The molecule has 19 heavy (non-hydrogen) atoms. The molecule has 0 bridgehead atoms. The predicted molar refractivity (Wildman–Crippen MR) is 74.7 cm³/mol. The number of fused-ring (bicyclic) bond motifs is 1. The lowest BCUT2D eigenvalue weighted by Gasteiger charge is -2.25. The molecule has 1 heterocycles. The lowest BCUT2D eigenvalue weighted by Crippen LogP contribution is -2.28. The predicted octanol–water partition coefficient (Wildman–Crippen LogP) is 3.28. The third kappa shape index (κ3) is 3.01. The fourth-order valence-corrected chi connectivity index (χ4v) is 3.19. The summed E-state index contributed by atoms with van der Waals surface area (Å²) < 4.78 is 39.3. The summed E-state index contributed by atoms with van der Waals surface area (Å²) in [6.07, 6.45) is 2.22. The average molecular weight is 325 g/mol. The van der Waals surface area contributed by atoms with Crippen LogP contribution in [0.1, 0.15) is 12.8 Å². The summed E-state index contributed by atoms with van der Waals surface area (Å²) in [5.74, 6) is 0. The van der Waals surface area contributed by atoms with E-state index in [4.69, 9.17) is 23.2 Å². The lowest BCUT2D eigenvalue weighted by molar-refractivity contribution is 0.464. The van der Waals surface area contributed by atoms with E-state index in [2.05, 4.69) is 4.40 Å². The van der Waals surface area contributed by atoms with Crippen molar-refractivity contribution < 1.29 is 12.8 Å². The number of nitrogens with zero attached hydrogens (tertiary/aromatic N) is 2.